The predicted molar refractivity (Wildman–Crippen MR) is 91.2 cm³/mol. The summed E-state index contributed by atoms with van der Waals surface area (Å²) in [6, 6.07) is 3.48. The van der Waals surface area contributed by atoms with Gasteiger partial charge in [-0.1, -0.05) is 13.8 Å². The average Bonchev–Trinajstić information content (AvgIpc) is 2.52. The Morgan fingerprint density at radius 1 is 1.18 bits per heavy atom. The summed E-state index contributed by atoms with van der Waals surface area (Å²) in [6.07, 6.45) is -5.89. The zero-order valence-corrected chi connectivity index (χ0v) is 15.7. The van der Waals surface area contributed by atoms with E-state index in [4.69, 9.17) is 4.74 Å². The van der Waals surface area contributed by atoms with Gasteiger partial charge in [-0.3, -0.25) is 19.8 Å². The number of benzene rings is 1. The molecule has 1 atom stereocenters. The summed E-state index contributed by atoms with van der Waals surface area (Å²) in [5.41, 5.74) is -4.43. The highest BCUT2D eigenvalue weighted by Crippen LogP contribution is 2.44. The maximum atomic E-state index is 13.8. The van der Waals surface area contributed by atoms with Gasteiger partial charge >= 0.3 is 6.18 Å². The van der Waals surface area contributed by atoms with E-state index in [1.807, 2.05) is 5.32 Å². The summed E-state index contributed by atoms with van der Waals surface area (Å²) in [5.74, 6) is -1.96. The number of aliphatic hydroxyl groups is 1. The second-order valence-electron chi connectivity index (χ2n) is 7.55. The van der Waals surface area contributed by atoms with Gasteiger partial charge in [0.05, 0.1) is 20.2 Å². The SMILES string of the molecule is COc1ccc(F)cc1C(C)(C)CC(O)(CN1CC(=O)NC(=O)C1)C(F)(F)F. The lowest BCUT2D eigenvalue weighted by atomic mass is 9.74. The Hall–Kier alpha value is -2.20. The monoisotopic (exact) mass is 406 g/mol. The van der Waals surface area contributed by atoms with Crippen molar-refractivity contribution < 1.29 is 37.0 Å². The van der Waals surface area contributed by atoms with Gasteiger partial charge in [-0.15, -0.1) is 0 Å². The molecule has 2 N–H and O–H groups in total. The first-order valence-electron chi connectivity index (χ1n) is 8.45. The molecule has 0 spiro atoms. The lowest BCUT2D eigenvalue weighted by molar-refractivity contribution is -0.271. The second kappa shape index (κ2) is 7.67. The maximum absolute atomic E-state index is 13.8. The number of alkyl halides is 3. The van der Waals surface area contributed by atoms with Crippen LogP contribution in [0.25, 0.3) is 0 Å². The molecule has 0 aromatic heterocycles. The number of nitrogens with zero attached hydrogens (tertiary/aromatic N) is 1. The molecule has 1 aromatic rings. The van der Waals surface area contributed by atoms with Gasteiger partial charge in [-0.05, 0) is 30.0 Å². The van der Waals surface area contributed by atoms with Crippen molar-refractivity contribution in [3.05, 3.63) is 29.6 Å². The van der Waals surface area contributed by atoms with E-state index in [1.54, 1.807) is 0 Å². The largest absolute Gasteiger partial charge is 0.496 e. The van der Waals surface area contributed by atoms with E-state index in [9.17, 15) is 32.3 Å². The molecule has 156 valence electrons. The average molecular weight is 406 g/mol. The lowest BCUT2D eigenvalue weighted by Crippen LogP contribution is -2.60. The number of piperazine rings is 1. The van der Waals surface area contributed by atoms with E-state index in [0.29, 0.717) is 0 Å². The number of halogens is 4. The molecule has 1 aliphatic rings. The summed E-state index contributed by atoms with van der Waals surface area (Å²) in [5, 5.41) is 12.5. The Labute approximate surface area is 159 Å². The van der Waals surface area contributed by atoms with Crippen molar-refractivity contribution in [1.29, 1.82) is 0 Å². The Kier molecular flexibility index (Phi) is 6.05. The van der Waals surface area contributed by atoms with Crippen LogP contribution in [0.4, 0.5) is 17.6 Å². The minimum atomic E-state index is -5.05. The first-order valence-corrected chi connectivity index (χ1v) is 8.45. The third-order valence-corrected chi connectivity index (χ3v) is 4.65. The second-order valence-corrected chi connectivity index (χ2v) is 7.55. The van der Waals surface area contributed by atoms with Crippen LogP contribution in [0, 0.1) is 5.82 Å². The van der Waals surface area contributed by atoms with E-state index >= 15 is 0 Å². The van der Waals surface area contributed by atoms with Crippen LogP contribution >= 0.6 is 0 Å². The van der Waals surface area contributed by atoms with Gasteiger partial charge < -0.3 is 9.84 Å². The third kappa shape index (κ3) is 4.79. The van der Waals surface area contributed by atoms with Gasteiger partial charge in [0.2, 0.25) is 11.8 Å². The molecule has 2 rings (SSSR count). The summed E-state index contributed by atoms with van der Waals surface area (Å²) in [4.78, 5) is 23.8. The van der Waals surface area contributed by atoms with Crippen LogP contribution in [-0.2, 0) is 15.0 Å². The fraction of sp³-hybridized carbons (Fsp3) is 0.556. The Morgan fingerprint density at radius 2 is 1.75 bits per heavy atom. The molecular weight excluding hydrogens is 384 g/mol. The smallest absolute Gasteiger partial charge is 0.418 e. The lowest BCUT2D eigenvalue weighted by Gasteiger charge is -2.41. The van der Waals surface area contributed by atoms with Crippen LogP contribution < -0.4 is 10.1 Å². The molecule has 1 heterocycles. The molecule has 2 amide bonds. The fourth-order valence-electron chi connectivity index (χ4n) is 3.46. The van der Waals surface area contributed by atoms with E-state index in [1.165, 1.54) is 27.0 Å². The molecule has 1 aliphatic heterocycles. The number of hydrogen-bond donors (Lipinski definition) is 2. The molecule has 1 saturated heterocycles. The molecule has 1 aromatic carbocycles. The summed E-state index contributed by atoms with van der Waals surface area (Å²) >= 11 is 0. The van der Waals surface area contributed by atoms with Crippen LogP contribution in [0.5, 0.6) is 5.75 Å². The van der Waals surface area contributed by atoms with Crippen LogP contribution in [-0.4, -0.2) is 60.3 Å². The van der Waals surface area contributed by atoms with Gasteiger partial charge in [-0.2, -0.15) is 13.2 Å². The van der Waals surface area contributed by atoms with E-state index in [0.717, 1.165) is 17.0 Å². The highest BCUT2D eigenvalue weighted by atomic mass is 19.4. The zero-order chi connectivity index (χ0) is 21.3. The van der Waals surface area contributed by atoms with E-state index < -0.39 is 60.9 Å². The van der Waals surface area contributed by atoms with Gasteiger partial charge in [-0.25, -0.2) is 4.39 Å². The topological polar surface area (TPSA) is 78.9 Å². The Morgan fingerprint density at radius 3 is 2.25 bits per heavy atom. The van der Waals surface area contributed by atoms with Crippen molar-refractivity contribution >= 4 is 11.8 Å². The minimum Gasteiger partial charge on any atom is -0.496 e. The fourth-order valence-corrected chi connectivity index (χ4v) is 3.46. The number of β-amino-alcohol motifs (C(OH)–C–C–N with tert-alkyl or cyclic N) is 1. The van der Waals surface area contributed by atoms with Crippen molar-refractivity contribution in [3.63, 3.8) is 0 Å². The number of hydrogen-bond acceptors (Lipinski definition) is 5. The van der Waals surface area contributed by atoms with Gasteiger partial charge in [0.15, 0.2) is 5.60 Å². The molecule has 0 radical (unpaired) electrons. The van der Waals surface area contributed by atoms with Gasteiger partial charge in [0, 0.05) is 12.1 Å². The minimum absolute atomic E-state index is 0.158. The number of amides is 2. The first kappa shape index (κ1) is 22.1. The van der Waals surface area contributed by atoms with Gasteiger partial charge in [0.25, 0.3) is 0 Å². The molecule has 10 heteroatoms. The van der Waals surface area contributed by atoms with Crippen LogP contribution in [0.15, 0.2) is 18.2 Å². The quantitative estimate of drug-likeness (QED) is 0.556. The van der Waals surface area contributed by atoms with Crippen molar-refractivity contribution in [3.8, 4) is 5.75 Å². The number of rotatable bonds is 6. The highest BCUT2D eigenvalue weighted by molar-refractivity contribution is 5.99. The Bertz CT molecular complexity index is 750. The molecule has 0 saturated carbocycles. The highest BCUT2D eigenvalue weighted by Gasteiger charge is 2.57. The van der Waals surface area contributed by atoms with Crippen LogP contribution in [0.2, 0.25) is 0 Å². The van der Waals surface area contributed by atoms with Gasteiger partial charge in [0.1, 0.15) is 11.6 Å². The molecule has 0 aliphatic carbocycles. The van der Waals surface area contributed by atoms with Crippen molar-refractivity contribution in [1.82, 2.24) is 10.2 Å². The third-order valence-electron chi connectivity index (χ3n) is 4.65. The van der Waals surface area contributed by atoms with Crippen molar-refractivity contribution in [2.45, 2.75) is 37.5 Å². The Balaban J connectivity index is 2.36. The molecule has 28 heavy (non-hydrogen) atoms. The van der Waals surface area contributed by atoms with E-state index in [2.05, 4.69) is 0 Å². The normalized spacial score (nSPS) is 18.6. The molecule has 1 fully saturated rings. The van der Waals surface area contributed by atoms with Crippen LogP contribution in [0.3, 0.4) is 0 Å². The number of nitrogens with one attached hydrogen (secondary N) is 1. The van der Waals surface area contributed by atoms with E-state index in [-0.39, 0.29) is 11.3 Å². The molecule has 0 bridgehead atoms. The maximum Gasteiger partial charge on any atom is 0.418 e. The number of ether oxygens (including phenoxy) is 1. The summed E-state index contributed by atoms with van der Waals surface area (Å²) in [7, 11) is 1.31. The molecule has 1 unspecified atom stereocenters. The standard InChI is InChI=1S/C18H22F4N2O4/c1-16(2,12-6-11(19)4-5-13(12)28-3)9-17(27,18(20,21)22)10-24-7-14(25)23-15(26)8-24/h4-6,27H,7-10H2,1-3H3,(H,23,25,26). The number of imide groups is 1. The summed E-state index contributed by atoms with van der Waals surface area (Å²) in [6.45, 7) is 0.975. The number of carbonyl (C=O) groups excluding carboxylic acids is 2. The van der Waals surface area contributed by atoms with Crippen molar-refractivity contribution in [2.75, 3.05) is 26.7 Å². The molecular formula is C18H22F4N2O4. The van der Waals surface area contributed by atoms with Crippen LogP contribution in [0.1, 0.15) is 25.8 Å². The predicted octanol–water partition coefficient (Wildman–Crippen LogP) is 1.75. The number of carbonyl (C=O) groups is 2. The molecule has 6 nitrogen and oxygen atoms in total. The summed E-state index contributed by atoms with van der Waals surface area (Å²) < 4.78 is 60.2. The van der Waals surface area contributed by atoms with Crippen molar-refractivity contribution in [2.24, 2.45) is 0 Å². The number of methoxy groups -OCH3 is 1. The zero-order valence-electron chi connectivity index (χ0n) is 15.7. The first-order chi connectivity index (χ1) is 12.8.